The van der Waals surface area contributed by atoms with Crippen molar-refractivity contribution in [2.24, 2.45) is 0 Å². The van der Waals surface area contributed by atoms with Gasteiger partial charge in [0, 0.05) is 29.8 Å². The van der Waals surface area contributed by atoms with E-state index in [9.17, 15) is 9.59 Å². The Morgan fingerprint density at radius 3 is 2.50 bits per heavy atom. The molecule has 1 saturated heterocycles. The van der Waals surface area contributed by atoms with Gasteiger partial charge in [0.25, 0.3) is 11.8 Å². The van der Waals surface area contributed by atoms with Crippen LogP contribution in [0.3, 0.4) is 0 Å². The van der Waals surface area contributed by atoms with Gasteiger partial charge in [0.15, 0.2) is 0 Å². The zero-order chi connectivity index (χ0) is 23.7. The van der Waals surface area contributed by atoms with Gasteiger partial charge >= 0.3 is 0 Å². The van der Waals surface area contributed by atoms with Gasteiger partial charge in [-0.3, -0.25) is 14.3 Å². The summed E-state index contributed by atoms with van der Waals surface area (Å²) in [5.41, 5.74) is 5.98. The summed E-state index contributed by atoms with van der Waals surface area (Å²) in [5, 5.41) is 7.53. The molecule has 2 amide bonds. The summed E-state index contributed by atoms with van der Waals surface area (Å²) in [4.78, 5) is 28.4. The number of carbonyl (C=O) groups is 2. The van der Waals surface area contributed by atoms with Gasteiger partial charge in [-0.2, -0.15) is 5.10 Å². The van der Waals surface area contributed by atoms with Crippen molar-refractivity contribution in [3.8, 4) is 11.1 Å². The lowest BCUT2D eigenvalue weighted by molar-refractivity contribution is 0.0786. The molecular formula is C27H30N4O3. The maximum atomic E-state index is 13.4. The Morgan fingerprint density at radius 1 is 1.00 bits per heavy atom. The molecule has 34 heavy (non-hydrogen) atoms. The van der Waals surface area contributed by atoms with Crippen molar-refractivity contribution < 1.29 is 14.3 Å². The molecule has 1 aromatic heterocycles. The predicted octanol–water partition coefficient (Wildman–Crippen LogP) is 4.12. The van der Waals surface area contributed by atoms with E-state index in [1.165, 1.54) is 0 Å². The number of nitrogens with one attached hydrogen (secondary N) is 1. The molecule has 2 aliphatic rings. The third-order valence-electron chi connectivity index (χ3n) is 6.70. The quantitative estimate of drug-likeness (QED) is 0.624. The van der Waals surface area contributed by atoms with Crippen LogP contribution >= 0.6 is 0 Å². The lowest BCUT2D eigenvalue weighted by atomic mass is 9.97. The van der Waals surface area contributed by atoms with Crippen LogP contribution in [0.2, 0.25) is 0 Å². The third kappa shape index (κ3) is 4.48. The Balaban J connectivity index is 1.45. The largest absolute Gasteiger partial charge is 0.373 e. The van der Waals surface area contributed by atoms with Crippen LogP contribution in [0.5, 0.6) is 0 Å². The fraction of sp³-hybridized carbons (Fsp3) is 0.370. The highest BCUT2D eigenvalue weighted by Gasteiger charge is 2.24. The number of aryl methyl sites for hydroxylation is 1. The fourth-order valence-corrected chi connectivity index (χ4v) is 4.71. The maximum Gasteiger partial charge on any atom is 0.253 e. The van der Waals surface area contributed by atoms with Crippen LogP contribution in [0.25, 0.3) is 11.1 Å². The highest BCUT2D eigenvalue weighted by molar-refractivity contribution is 6.01. The minimum absolute atomic E-state index is 0.0172. The van der Waals surface area contributed by atoms with Gasteiger partial charge in [0.2, 0.25) is 0 Å². The van der Waals surface area contributed by atoms with Crippen molar-refractivity contribution >= 4 is 11.8 Å². The van der Waals surface area contributed by atoms with Crippen molar-refractivity contribution in [3.63, 3.8) is 0 Å². The van der Waals surface area contributed by atoms with E-state index in [-0.39, 0.29) is 17.9 Å². The third-order valence-corrected chi connectivity index (χ3v) is 6.70. The summed E-state index contributed by atoms with van der Waals surface area (Å²) in [5.74, 6) is -0.231. The Labute approximate surface area is 199 Å². The SMILES string of the molecule is Cc1ccc(-c2cc(C(=O)N[C@H](C)c3cnn4c3COCC4)cc(C(=O)N3CCCC3)c2)cc1. The number of hydrogen-bond donors (Lipinski definition) is 1. The molecule has 0 bridgehead atoms. The molecule has 1 N–H and O–H groups in total. The maximum absolute atomic E-state index is 13.4. The summed E-state index contributed by atoms with van der Waals surface area (Å²) >= 11 is 0. The Hall–Kier alpha value is -3.45. The lowest BCUT2D eigenvalue weighted by Crippen LogP contribution is -2.30. The van der Waals surface area contributed by atoms with E-state index < -0.39 is 0 Å². The first-order valence-corrected chi connectivity index (χ1v) is 11.9. The van der Waals surface area contributed by atoms with E-state index >= 15 is 0 Å². The van der Waals surface area contributed by atoms with Crippen LogP contribution in [0.4, 0.5) is 0 Å². The number of likely N-dealkylation sites (tertiary alicyclic amines) is 1. The van der Waals surface area contributed by atoms with Crippen LogP contribution in [0, 0.1) is 6.92 Å². The van der Waals surface area contributed by atoms with E-state index in [1.807, 2.05) is 59.8 Å². The zero-order valence-electron chi connectivity index (χ0n) is 19.7. The van der Waals surface area contributed by atoms with Crippen LogP contribution in [-0.2, 0) is 17.9 Å². The molecule has 1 fully saturated rings. The first-order valence-electron chi connectivity index (χ1n) is 11.9. The van der Waals surface area contributed by atoms with Gasteiger partial charge in [0.05, 0.1) is 37.7 Å². The second kappa shape index (κ2) is 9.43. The molecule has 0 saturated carbocycles. The molecule has 0 unspecified atom stereocenters. The van der Waals surface area contributed by atoms with Gasteiger partial charge in [0.1, 0.15) is 0 Å². The molecular weight excluding hydrogens is 428 g/mol. The van der Waals surface area contributed by atoms with E-state index in [1.54, 1.807) is 12.3 Å². The van der Waals surface area contributed by atoms with Gasteiger partial charge < -0.3 is 15.0 Å². The van der Waals surface area contributed by atoms with Crippen molar-refractivity contribution in [1.29, 1.82) is 0 Å². The molecule has 2 aromatic carbocycles. The molecule has 176 valence electrons. The number of nitrogens with zero attached hydrogens (tertiary/aromatic N) is 3. The number of aromatic nitrogens is 2. The summed E-state index contributed by atoms with van der Waals surface area (Å²) in [6.07, 6.45) is 3.85. The second-order valence-corrected chi connectivity index (χ2v) is 9.18. The van der Waals surface area contributed by atoms with E-state index in [0.29, 0.717) is 24.3 Å². The van der Waals surface area contributed by atoms with E-state index in [4.69, 9.17) is 4.74 Å². The molecule has 7 heteroatoms. The Morgan fingerprint density at radius 2 is 1.74 bits per heavy atom. The van der Waals surface area contributed by atoms with Gasteiger partial charge in [-0.05, 0) is 56.0 Å². The topological polar surface area (TPSA) is 76.5 Å². The first-order chi connectivity index (χ1) is 16.5. The molecule has 7 nitrogen and oxygen atoms in total. The number of ether oxygens (including phenoxy) is 1. The van der Waals surface area contributed by atoms with Crippen molar-refractivity contribution in [1.82, 2.24) is 20.0 Å². The monoisotopic (exact) mass is 458 g/mol. The average molecular weight is 459 g/mol. The van der Waals surface area contributed by atoms with Gasteiger partial charge in [-0.1, -0.05) is 29.8 Å². The number of carbonyl (C=O) groups excluding carboxylic acids is 2. The predicted molar refractivity (Wildman–Crippen MR) is 130 cm³/mol. The smallest absolute Gasteiger partial charge is 0.253 e. The average Bonchev–Trinajstić information content (AvgIpc) is 3.54. The molecule has 0 radical (unpaired) electrons. The number of rotatable bonds is 5. The van der Waals surface area contributed by atoms with Gasteiger partial charge in [-0.25, -0.2) is 0 Å². The summed E-state index contributed by atoms with van der Waals surface area (Å²) in [6.45, 7) is 7.38. The van der Waals surface area contributed by atoms with Crippen molar-refractivity contribution in [2.45, 2.75) is 45.9 Å². The van der Waals surface area contributed by atoms with E-state index in [2.05, 4.69) is 10.4 Å². The molecule has 3 heterocycles. The molecule has 0 spiro atoms. The van der Waals surface area contributed by atoms with Crippen LogP contribution < -0.4 is 5.32 Å². The van der Waals surface area contributed by atoms with E-state index in [0.717, 1.165) is 60.4 Å². The lowest BCUT2D eigenvalue weighted by Gasteiger charge is -2.20. The summed E-state index contributed by atoms with van der Waals surface area (Å²) in [7, 11) is 0. The van der Waals surface area contributed by atoms with Crippen molar-refractivity contribution in [3.05, 3.63) is 76.6 Å². The molecule has 2 aliphatic heterocycles. The second-order valence-electron chi connectivity index (χ2n) is 9.18. The first kappa shape index (κ1) is 22.3. The minimum Gasteiger partial charge on any atom is -0.373 e. The van der Waals surface area contributed by atoms with Gasteiger partial charge in [-0.15, -0.1) is 0 Å². The van der Waals surface area contributed by atoms with Crippen LogP contribution in [-0.4, -0.2) is 46.2 Å². The molecule has 0 aliphatic carbocycles. The minimum atomic E-state index is -0.237. The Bertz CT molecular complexity index is 1210. The number of amides is 2. The normalized spacial score (nSPS) is 16.2. The van der Waals surface area contributed by atoms with Crippen molar-refractivity contribution in [2.75, 3.05) is 19.7 Å². The number of hydrogen-bond acceptors (Lipinski definition) is 4. The molecule has 3 aromatic rings. The molecule has 5 rings (SSSR count). The Kier molecular flexibility index (Phi) is 6.20. The summed E-state index contributed by atoms with van der Waals surface area (Å²) in [6, 6.07) is 13.4. The standard InChI is InChI=1S/C27H30N4O3/c1-18-5-7-20(8-6-18)21-13-22(15-23(14-21)27(33)30-9-3-4-10-30)26(32)29-19(2)24-16-28-31-11-12-34-17-25(24)31/h5-8,13-16,19H,3-4,9-12,17H2,1-2H3,(H,29,32)/t19-/m1/s1. The summed E-state index contributed by atoms with van der Waals surface area (Å²) < 4.78 is 7.52. The highest BCUT2D eigenvalue weighted by Crippen LogP contribution is 2.26. The highest BCUT2D eigenvalue weighted by atomic mass is 16.5. The molecule has 1 atom stereocenters. The number of fused-ring (bicyclic) bond motifs is 1. The van der Waals surface area contributed by atoms with Crippen LogP contribution in [0.15, 0.2) is 48.7 Å². The zero-order valence-corrected chi connectivity index (χ0v) is 19.7. The fourth-order valence-electron chi connectivity index (χ4n) is 4.71. The van der Waals surface area contributed by atoms with Crippen LogP contribution in [0.1, 0.15) is 63.3 Å². The number of benzene rings is 2.